The van der Waals surface area contributed by atoms with Crippen molar-refractivity contribution in [3.63, 3.8) is 0 Å². The highest BCUT2D eigenvalue weighted by Crippen LogP contribution is 2.26. The largest absolute Gasteiger partial charge is 0.357 e. The summed E-state index contributed by atoms with van der Waals surface area (Å²) in [6.45, 7) is 5.80. The van der Waals surface area contributed by atoms with E-state index >= 15 is 0 Å². The van der Waals surface area contributed by atoms with Gasteiger partial charge in [-0.3, -0.25) is 0 Å². The molecule has 0 aliphatic rings. The highest BCUT2D eigenvalue weighted by molar-refractivity contribution is 5.80. The maximum absolute atomic E-state index is 9.18. The second-order valence-corrected chi connectivity index (χ2v) is 5.12. The van der Waals surface area contributed by atoms with Crippen molar-refractivity contribution < 1.29 is 0 Å². The zero-order chi connectivity index (χ0) is 13.5. The van der Waals surface area contributed by atoms with Crippen LogP contribution in [0.4, 0.5) is 5.69 Å². The van der Waals surface area contributed by atoms with Crippen LogP contribution in [0.2, 0.25) is 0 Å². The van der Waals surface area contributed by atoms with Crippen LogP contribution >= 0.6 is 0 Å². The Morgan fingerprint density at radius 3 is 2.67 bits per heavy atom. The molecule has 1 aromatic heterocycles. The van der Waals surface area contributed by atoms with E-state index in [-0.39, 0.29) is 0 Å². The van der Waals surface area contributed by atoms with Crippen molar-refractivity contribution in [2.75, 3.05) is 11.9 Å². The smallest absolute Gasteiger partial charge is 0.121 e. The Balaban J connectivity index is 2.52. The summed E-state index contributed by atoms with van der Waals surface area (Å²) in [5.74, 6) is 0.990. The Labute approximate surface area is 107 Å². The molecule has 94 valence electrons. The van der Waals surface area contributed by atoms with Crippen LogP contribution in [0.15, 0.2) is 18.2 Å². The van der Waals surface area contributed by atoms with Gasteiger partial charge in [-0.1, -0.05) is 0 Å². The third kappa shape index (κ3) is 1.82. The van der Waals surface area contributed by atoms with Crippen LogP contribution in [0.5, 0.6) is 0 Å². The van der Waals surface area contributed by atoms with Crippen LogP contribution in [0.25, 0.3) is 11.0 Å². The first-order chi connectivity index (χ1) is 8.36. The predicted octanol–water partition coefficient (Wildman–Crippen LogP) is 2.62. The summed E-state index contributed by atoms with van der Waals surface area (Å²) >= 11 is 0. The van der Waals surface area contributed by atoms with E-state index in [2.05, 4.69) is 21.7 Å². The van der Waals surface area contributed by atoms with Gasteiger partial charge in [-0.05, 0) is 39.0 Å². The first kappa shape index (κ1) is 12.4. The normalized spacial score (nSPS) is 11.6. The minimum absolute atomic E-state index is 0.530. The topological polar surface area (TPSA) is 44.9 Å². The Hall–Kier alpha value is -2.02. The van der Waals surface area contributed by atoms with Gasteiger partial charge in [0, 0.05) is 19.8 Å². The molecular weight excluding hydrogens is 224 g/mol. The number of aromatic nitrogens is 2. The molecule has 1 heterocycles. The highest BCUT2D eigenvalue weighted by atomic mass is 15.2. The fourth-order valence-corrected chi connectivity index (χ4v) is 1.92. The van der Waals surface area contributed by atoms with Gasteiger partial charge in [0.15, 0.2) is 0 Å². The standard InChI is InChI=1S/C14H18N4/c1-10-16-12-8-11(6-7-13(12)17(10)4)18(5)14(2,3)9-15/h6-8H,1-5H3. The number of hydrogen-bond donors (Lipinski definition) is 0. The number of rotatable bonds is 2. The van der Waals surface area contributed by atoms with Crippen LogP contribution < -0.4 is 4.90 Å². The number of nitrogens with zero attached hydrogens (tertiary/aromatic N) is 4. The molecule has 1 aromatic carbocycles. The fraction of sp³-hybridized carbons (Fsp3) is 0.429. The number of anilines is 1. The van der Waals surface area contributed by atoms with Crippen LogP contribution in [0, 0.1) is 18.3 Å². The molecule has 0 atom stereocenters. The lowest BCUT2D eigenvalue weighted by Crippen LogP contribution is -2.39. The average Bonchev–Trinajstić information content (AvgIpc) is 2.63. The van der Waals surface area contributed by atoms with Gasteiger partial charge in [0.05, 0.1) is 17.1 Å². The van der Waals surface area contributed by atoms with Crippen LogP contribution in [-0.4, -0.2) is 22.1 Å². The number of aryl methyl sites for hydroxylation is 2. The SMILES string of the molecule is Cc1nc2cc(N(C)C(C)(C)C#N)ccc2n1C. The maximum Gasteiger partial charge on any atom is 0.121 e. The van der Waals surface area contributed by atoms with Crippen molar-refractivity contribution in [1.29, 1.82) is 5.26 Å². The summed E-state index contributed by atoms with van der Waals surface area (Å²) in [7, 11) is 3.94. The van der Waals surface area contributed by atoms with Crippen molar-refractivity contribution in [2.24, 2.45) is 7.05 Å². The lowest BCUT2D eigenvalue weighted by atomic mass is 10.1. The fourth-order valence-electron chi connectivity index (χ4n) is 1.92. The number of hydrogen-bond acceptors (Lipinski definition) is 3. The molecular formula is C14H18N4. The van der Waals surface area contributed by atoms with E-state index in [1.807, 2.05) is 51.9 Å². The third-order valence-electron chi connectivity index (χ3n) is 3.59. The predicted molar refractivity (Wildman–Crippen MR) is 73.5 cm³/mol. The van der Waals surface area contributed by atoms with Crippen molar-refractivity contribution in [3.8, 4) is 6.07 Å². The number of benzene rings is 1. The van der Waals surface area contributed by atoms with E-state index in [1.54, 1.807) is 0 Å². The zero-order valence-corrected chi connectivity index (χ0v) is 11.5. The van der Waals surface area contributed by atoms with E-state index in [0.717, 1.165) is 22.5 Å². The van der Waals surface area contributed by atoms with Gasteiger partial charge < -0.3 is 9.47 Å². The molecule has 2 rings (SSSR count). The molecule has 0 spiro atoms. The molecule has 0 amide bonds. The van der Waals surface area contributed by atoms with E-state index in [0.29, 0.717) is 0 Å². The van der Waals surface area contributed by atoms with E-state index in [1.165, 1.54) is 0 Å². The van der Waals surface area contributed by atoms with Gasteiger partial charge in [-0.15, -0.1) is 0 Å². The summed E-state index contributed by atoms with van der Waals surface area (Å²) in [6, 6.07) is 8.41. The number of nitriles is 1. The molecule has 0 fully saturated rings. The van der Waals surface area contributed by atoms with Gasteiger partial charge in [0.2, 0.25) is 0 Å². The summed E-state index contributed by atoms with van der Waals surface area (Å²) in [4.78, 5) is 6.49. The molecule has 0 N–H and O–H groups in total. The van der Waals surface area contributed by atoms with Crippen LogP contribution in [0.1, 0.15) is 19.7 Å². The Morgan fingerprint density at radius 2 is 2.06 bits per heavy atom. The van der Waals surface area contributed by atoms with Crippen molar-refractivity contribution in [1.82, 2.24) is 9.55 Å². The monoisotopic (exact) mass is 242 g/mol. The van der Waals surface area contributed by atoms with Crippen LogP contribution in [-0.2, 0) is 7.05 Å². The second kappa shape index (κ2) is 4.02. The van der Waals surface area contributed by atoms with E-state index in [9.17, 15) is 5.26 Å². The van der Waals surface area contributed by atoms with Gasteiger partial charge >= 0.3 is 0 Å². The molecule has 0 unspecified atom stereocenters. The quantitative estimate of drug-likeness (QED) is 0.813. The third-order valence-corrected chi connectivity index (χ3v) is 3.59. The molecule has 2 aromatic rings. The minimum atomic E-state index is -0.530. The van der Waals surface area contributed by atoms with Gasteiger partial charge in [0.1, 0.15) is 11.4 Å². The van der Waals surface area contributed by atoms with Crippen molar-refractivity contribution in [3.05, 3.63) is 24.0 Å². The summed E-state index contributed by atoms with van der Waals surface area (Å²) in [5.41, 5.74) is 2.55. The van der Waals surface area contributed by atoms with Crippen LogP contribution in [0.3, 0.4) is 0 Å². The molecule has 0 bridgehead atoms. The molecule has 4 nitrogen and oxygen atoms in total. The Morgan fingerprint density at radius 1 is 1.39 bits per heavy atom. The molecule has 18 heavy (non-hydrogen) atoms. The van der Waals surface area contributed by atoms with Gasteiger partial charge in [-0.25, -0.2) is 4.98 Å². The lowest BCUT2D eigenvalue weighted by Gasteiger charge is -2.31. The number of imidazole rings is 1. The summed E-state index contributed by atoms with van der Waals surface area (Å²) in [6.07, 6.45) is 0. The average molecular weight is 242 g/mol. The summed E-state index contributed by atoms with van der Waals surface area (Å²) in [5, 5.41) is 9.18. The highest BCUT2D eigenvalue weighted by Gasteiger charge is 2.23. The molecule has 4 heteroatoms. The molecule has 0 aliphatic carbocycles. The lowest BCUT2D eigenvalue weighted by molar-refractivity contribution is 0.617. The molecule has 0 radical (unpaired) electrons. The zero-order valence-electron chi connectivity index (χ0n) is 11.5. The van der Waals surface area contributed by atoms with E-state index < -0.39 is 5.54 Å². The maximum atomic E-state index is 9.18. The molecule has 0 aliphatic heterocycles. The van der Waals surface area contributed by atoms with E-state index in [4.69, 9.17) is 0 Å². The first-order valence-corrected chi connectivity index (χ1v) is 5.95. The first-order valence-electron chi connectivity index (χ1n) is 5.95. The van der Waals surface area contributed by atoms with Gasteiger partial charge in [-0.2, -0.15) is 5.26 Å². The second-order valence-electron chi connectivity index (χ2n) is 5.12. The number of fused-ring (bicyclic) bond motifs is 1. The van der Waals surface area contributed by atoms with Crippen molar-refractivity contribution in [2.45, 2.75) is 26.3 Å². The Kier molecular flexibility index (Phi) is 2.78. The Bertz CT molecular complexity index is 631. The molecule has 0 saturated heterocycles. The molecule has 0 saturated carbocycles. The minimum Gasteiger partial charge on any atom is -0.357 e. The van der Waals surface area contributed by atoms with Crippen molar-refractivity contribution >= 4 is 16.7 Å². The summed E-state index contributed by atoms with van der Waals surface area (Å²) < 4.78 is 2.06. The van der Waals surface area contributed by atoms with Gasteiger partial charge in [0.25, 0.3) is 0 Å².